The Kier molecular flexibility index (Phi) is 4.42. The molecule has 2 N–H and O–H groups in total. The molecule has 0 bridgehead atoms. The third-order valence-corrected chi connectivity index (χ3v) is 5.01. The van der Waals surface area contributed by atoms with Crippen molar-refractivity contribution < 1.29 is 13.5 Å². The molecule has 0 unspecified atom stereocenters. The zero-order valence-corrected chi connectivity index (χ0v) is 13.1. The van der Waals surface area contributed by atoms with E-state index in [9.17, 15) is 13.5 Å². The van der Waals surface area contributed by atoms with E-state index >= 15 is 0 Å². The Balaban J connectivity index is 2.44. The normalized spacial score (nSPS) is 11.3. The van der Waals surface area contributed by atoms with Gasteiger partial charge >= 0.3 is 0 Å². The topological polar surface area (TPSA) is 79.3 Å². The molecule has 0 aliphatic rings. The Labute approximate surface area is 125 Å². The number of nitrogens with one attached hydrogen (secondary N) is 1. The van der Waals surface area contributed by atoms with Crippen LogP contribution in [0, 0.1) is 6.92 Å². The Bertz CT molecular complexity index is 732. The first-order valence-electron chi connectivity index (χ1n) is 5.77. The van der Waals surface area contributed by atoms with Crippen LogP contribution in [0.5, 0.6) is 0 Å². The first-order chi connectivity index (χ1) is 9.45. The fraction of sp³-hybridized carbons (Fsp3) is 0.154. The second kappa shape index (κ2) is 5.90. The van der Waals surface area contributed by atoms with Gasteiger partial charge in [-0.15, -0.1) is 0 Å². The standard InChI is InChI=1S/C13H13BrN2O3S/c1-9-10(8-17)3-2-4-13(9)20(18,19)16-12-5-6-15-7-11(12)14/h2-7,17H,8H2,1H3,(H,15,16). The summed E-state index contributed by atoms with van der Waals surface area (Å²) in [5, 5.41) is 9.21. The molecule has 1 heterocycles. The monoisotopic (exact) mass is 356 g/mol. The second-order valence-electron chi connectivity index (χ2n) is 4.16. The average Bonchev–Trinajstić information content (AvgIpc) is 2.41. The molecule has 0 saturated heterocycles. The third-order valence-electron chi connectivity index (χ3n) is 2.87. The van der Waals surface area contributed by atoms with Crippen LogP contribution in [0.25, 0.3) is 0 Å². The molecule has 20 heavy (non-hydrogen) atoms. The smallest absolute Gasteiger partial charge is 0.262 e. The first kappa shape index (κ1) is 15.0. The number of aromatic nitrogens is 1. The highest BCUT2D eigenvalue weighted by Gasteiger charge is 2.19. The minimum absolute atomic E-state index is 0.146. The molecule has 0 radical (unpaired) electrons. The van der Waals surface area contributed by atoms with Crippen molar-refractivity contribution in [2.75, 3.05) is 4.72 Å². The van der Waals surface area contributed by atoms with Crippen LogP contribution in [0.2, 0.25) is 0 Å². The van der Waals surface area contributed by atoms with Crippen molar-refractivity contribution in [3.05, 3.63) is 52.3 Å². The number of halogens is 1. The van der Waals surface area contributed by atoms with E-state index in [1.807, 2.05) is 0 Å². The Morgan fingerprint density at radius 1 is 1.35 bits per heavy atom. The highest BCUT2D eigenvalue weighted by molar-refractivity contribution is 9.10. The summed E-state index contributed by atoms with van der Waals surface area (Å²) in [4.78, 5) is 4.02. The summed E-state index contributed by atoms with van der Waals surface area (Å²) in [5.41, 5.74) is 1.53. The molecule has 2 rings (SSSR count). The van der Waals surface area contributed by atoms with Gasteiger partial charge in [0.05, 0.1) is 21.7 Å². The molecule has 1 aromatic carbocycles. The van der Waals surface area contributed by atoms with E-state index in [0.717, 1.165) is 0 Å². The molecule has 0 saturated carbocycles. The summed E-state index contributed by atoms with van der Waals surface area (Å²) < 4.78 is 27.9. The lowest BCUT2D eigenvalue weighted by atomic mass is 10.1. The van der Waals surface area contributed by atoms with Gasteiger partial charge in [-0.3, -0.25) is 9.71 Å². The van der Waals surface area contributed by atoms with Gasteiger partial charge in [0.15, 0.2) is 0 Å². The van der Waals surface area contributed by atoms with Gasteiger partial charge < -0.3 is 5.11 Å². The number of pyridine rings is 1. The van der Waals surface area contributed by atoms with Crippen LogP contribution >= 0.6 is 15.9 Å². The molecular weight excluding hydrogens is 344 g/mol. The van der Waals surface area contributed by atoms with Crippen molar-refractivity contribution in [2.24, 2.45) is 0 Å². The summed E-state index contributed by atoms with van der Waals surface area (Å²) in [5.74, 6) is 0. The highest BCUT2D eigenvalue weighted by Crippen LogP contribution is 2.25. The van der Waals surface area contributed by atoms with Gasteiger partial charge in [0.2, 0.25) is 0 Å². The van der Waals surface area contributed by atoms with Crippen molar-refractivity contribution in [3.8, 4) is 0 Å². The van der Waals surface area contributed by atoms with Gasteiger partial charge in [-0.05, 0) is 46.1 Å². The van der Waals surface area contributed by atoms with Crippen molar-refractivity contribution in [3.63, 3.8) is 0 Å². The van der Waals surface area contributed by atoms with Crippen LogP contribution in [0.4, 0.5) is 5.69 Å². The molecule has 0 fully saturated rings. The largest absolute Gasteiger partial charge is 0.392 e. The van der Waals surface area contributed by atoms with Crippen LogP contribution in [-0.4, -0.2) is 18.5 Å². The van der Waals surface area contributed by atoms with Gasteiger partial charge in [-0.25, -0.2) is 8.42 Å². The number of aliphatic hydroxyl groups is 1. The van der Waals surface area contributed by atoms with Crippen LogP contribution in [0.1, 0.15) is 11.1 Å². The molecule has 106 valence electrons. The van der Waals surface area contributed by atoms with Crippen LogP contribution in [0.3, 0.4) is 0 Å². The van der Waals surface area contributed by atoms with Gasteiger partial charge in [-0.1, -0.05) is 12.1 Å². The van der Waals surface area contributed by atoms with Crippen LogP contribution in [-0.2, 0) is 16.6 Å². The SMILES string of the molecule is Cc1c(CO)cccc1S(=O)(=O)Nc1ccncc1Br. The lowest BCUT2D eigenvalue weighted by molar-refractivity contribution is 0.280. The van der Waals surface area contributed by atoms with Crippen molar-refractivity contribution in [2.45, 2.75) is 18.4 Å². The maximum absolute atomic E-state index is 12.4. The van der Waals surface area contributed by atoms with Crippen molar-refractivity contribution >= 4 is 31.6 Å². The fourth-order valence-corrected chi connectivity index (χ4v) is 3.63. The quantitative estimate of drug-likeness (QED) is 0.881. The van der Waals surface area contributed by atoms with E-state index in [0.29, 0.717) is 21.3 Å². The molecule has 0 aliphatic heterocycles. The van der Waals surface area contributed by atoms with Crippen LogP contribution in [0.15, 0.2) is 46.0 Å². The van der Waals surface area contributed by atoms with Gasteiger partial charge in [0, 0.05) is 12.4 Å². The molecule has 0 spiro atoms. The summed E-state index contributed by atoms with van der Waals surface area (Å²) in [6, 6.07) is 6.37. The Morgan fingerprint density at radius 2 is 2.10 bits per heavy atom. The predicted octanol–water partition coefficient (Wildman–Crippen LogP) is 2.45. The fourth-order valence-electron chi connectivity index (χ4n) is 1.78. The van der Waals surface area contributed by atoms with Gasteiger partial charge in [0.1, 0.15) is 0 Å². The molecule has 1 aromatic heterocycles. The van der Waals surface area contributed by atoms with Crippen LogP contribution < -0.4 is 4.72 Å². The van der Waals surface area contributed by atoms with Gasteiger partial charge in [0.25, 0.3) is 10.0 Å². The zero-order valence-electron chi connectivity index (χ0n) is 10.7. The lowest BCUT2D eigenvalue weighted by Crippen LogP contribution is -2.15. The number of rotatable bonds is 4. The van der Waals surface area contributed by atoms with E-state index in [1.54, 1.807) is 25.1 Å². The molecule has 5 nitrogen and oxygen atoms in total. The highest BCUT2D eigenvalue weighted by atomic mass is 79.9. The number of sulfonamides is 1. The maximum atomic E-state index is 12.4. The summed E-state index contributed by atoms with van der Waals surface area (Å²) in [6.07, 6.45) is 3.01. The van der Waals surface area contributed by atoms with E-state index in [2.05, 4.69) is 25.6 Å². The van der Waals surface area contributed by atoms with E-state index in [-0.39, 0.29) is 11.5 Å². The minimum atomic E-state index is -3.72. The summed E-state index contributed by atoms with van der Waals surface area (Å²) in [6.45, 7) is 1.47. The summed E-state index contributed by atoms with van der Waals surface area (Å²) >= 11 is 3.24. The Hall–Kier alpha value is -1.44. The number of hydrogen-bond acceptors (Lipinski definition) is 4. The lowest BCUT2D eigenvalue weighted by Gasteiger charge is -2.13. The average molecular weight is 357 g/mol. The predicted molar refractivity (Wildman–Crippen MR) is 79.8 cm³/mol. The minimum Gasteiger partial charge on any atom is -0.392 e. The van der Waals surface area contributed by atoms with Crippen molar-refractivity contribution in [1.82, 2.24) is 4.98 Å². The molecular formula is C13H13BrN2O3S. The van der Waals surface area contributed by atoms with E-state index in [4.69, 9.17) is 0 Å². The second-order valence-corrected chi connectivity index (χ2v) is 6.66. The number of anilines is 1. The number of benzene rings is 1. The molecule has 7 heteroatoms. The number of hydrogen-bond donors (Lipinski definition) is 2. The van der Waals surface area contributed by atoms with E-state index < -0.39 is 10.0 Å². The van der Waals surface area contributed by atoms with E-state index in [1.165, 1.54) is 18.5 Å². The van der Waals surface area contributed by atoms with Gasteiger partial charge in [-0.2, -0.15) is 0 Å². The summed E-state index contributed by atoms with van der Waals surface area (Å²) in [7, 11) is -3.72. The first-order valence-corrected chi connectivity index (χ1v) is 8.05. The maximum Gasteiger partial charge on any atom is 0.262 e. The molecule has 0 aliphatic carbocycles. The molecule has 2 aromatic rings. The number of nitrogens with zero attached hydrogens (tertiary/aromatic N) is 1. The Morgan fingerprint density at radius 3 is 2.75 bits per heavy atom. The van der Waals surface area contributed by atoms with Crippen molar-refractivity contribution in [1.29, 1.82) is 0 Å². The zero-order chi connectivity index (χ0) is 14.8. The third kappa shape index (κ3) is 3.00. The molecule has 0 amide bonds. The number of aliphatic hydroxyl groups excluding tert-OH is 1. The molecule has 0 atom stereocenters.